The molecule has 1 aliphatic rings. The molecule has 104 valence electrons. The van der Waals surface area contributed by atoms with E-state index in [1.807, 2.05) is 32.2 Å². The van der Waals surface area contributed by atoms with E-state index in [1.165, 1.54) is 11.1 Å². The van der Waals surface area contributed by atoms with Crippen LogP contribution in [0.4, 0.5) is 0 Å². The van der Waals surface area contributed by atoms with Gasteiger partial charge in [-0.1, -0.05) is 12.1 Å². The van der Waals surface area contributed by atoms with Crippen molar-refractivity contribution in [3.8, 4) is 0 Å². The maximum absolute atomic E-state index is 12.4. The van der Waals surface area contributed by atoms with E-state index in [0.717, 1.165) is 36.5 Å². The predicted molar refractivity (Wildman–Crippen MR) is 77.8 cm³/mol. The van der Waals surface area contributed by atoms with Crippen LogP contribution in [0.1, 0.15) is 32.9 Å². The van der Waals surface area contributed by atoms with Crippen LogP contribution in [-0.4, -0.2) is 22.1 Å². The van der Waals surface area contributed by atoms with Gasteiger partial charge < -0.3 is 5.32 Å². The van der Waals surface area contributed by atoms with E-state index < -0.39 is 0 Å². The van der Waals surface area contributed by atoms with E-state index in [0.29, 0.717) is 6.42 Å². The van der Waals surface area contributed by atoms with Gasteiger partial charge >= 0.3 is 0 Å². The molecule has 0 saturated carbocycles. The van der Waals surface area contributed by atoms with E-state index in [-0.39, 0.29) is 5.78 Å². The number of aromatic nitrogens is 2. The van der Waals surface area contributed by atoms with Crippen LogP contribution in [0.2, 0.25) is 0 Å². The number of nitrogens with one attached hydrogen (secondary N) is 1. The second-order valence-corrected chi connectivity index (χ2v) is 5.41. The lowest BCUT2D eigenvalue weighted by Gasteiger charge is -2.17. The molecule has 0 unspecified atom stereocenters. The molecule has 1 aliphatic heterocycles. The zero-order valence-corrected chi connectivity index (χ0v) is 11.9. The first kappa shape index (κ1) is 13.1. The van der Waals surface area contributed by atoms with E-state index in [2.05, 4.69) is 16.5 Å². The molecule has 4 heteroatoms. The quantitative estimate of drug-likeness (QED) is 0.864. The summed E-state index contributed by atoms with van der Waals surface area (Å²) in [6.07, 6.45) is 1.45. The second-order valence-electron chi connectivity index (χ2n) is 5.41. The van der Waals surface area contributed by atoms with Crippen LogP contribution < -0.4 is 5.32 Å². The Morgan fingerprint density at radius 3 is 2.95 bits per heavy atom. The van der Waals surface area contributed by atoms with Crippen LogP contribution in [0.3, 0.4) is 0 Å². The Labute approximate surface area is 118 Å². The maximum atomic E-state index is 12.4. The molecule has 2 heterocycles. The van der Waals surface area contributed by atoms with E-state index in [4.69, 9.17) is 0 Å². The third kappa shape index (κ3) is 2.51. The Bertz CT molecular complexity index is 658. The molecule has 20 heavy (non-hydrogen) atoms. The van der Waals surface area contributed by atoms with Crippen molar-refractivity contribution in [3.05, 3.63) is 52.3 Å². The van der Waals surface area contributed by atoms with Crippen LogP contribution in [0.15, 0.2) is 24.3 Å². The minimum absolute atomic E-state index is 0.154. The fourth-order valence-electron chi connectivity index (χ4n) is 2.75. The number of carbonyl (C=O) groups excluding carboxylic acids is 1. The lowest BCUT2D eigenvalue weighted by molar-refractivity contribution is 0.0990. The molecule has 0 radical (unpaired) electrons. The summed E-state index contributed by atoms with van der Waals surface area (Å²) in [5.74, 6) is 0.154. The van der Waals surface area contributed by atoms with Crippen molar-refractivity contribution >= 4 is 5.78 Å². The van der Waals surface area contributed by atoms with E-state index >= 15 is 0 Å². The number of ketones is 1. The number of Topliss-reactive ketones (excluding diaryl/α,β-unsaturated/α-hetero) is 1. The van der Waals surface area contributed by atoms with Crippen LogP contribution in [0, 0.1) is 6.92 Å². The number of aryl methyl sites for hydroxylation is 2. The van der Waals surface area contributed by atoms with Crippen LogP contribution >= 0.6 is 0 Å². The zero-order chi connectivity index (χ0) is 14.1. The van der Waals surface area contributed by atoms with Gasteiger partial charge in [-0.05, 0) is 43.1 Å². The largest absolute Gasteiger partial charge is 0.312 e. The third-order valence-electron chi connectivity index (χ3n) is 3.86. The Morgan fingerprint density at radius 2 is 2.20 bits per heavy atom. The summed E-state index contributed by atoms with van der Waals surface area (Å²) >= 11 is 0. The van der Waals surface area contributed by atoms with Crippen molar-refractivity contribution in [3.63, 3.8) is 0 Å². The number of hydrogen-bond acceptors (Lipinski definition) is 3. The van der Waals surface area contributed by atoms with Gasteiger partial charge in [0, 0.05) is 24.8 Å². The molecule has 0 saturated heterocycles. The number of benzene rings is 1. The van der Waals surface area contributed by atoms with Gasteiger partial charge in [-0.2, -0.15) is 5.10 Å². The normalized spacial score (nSPS) is 14.1. The van der Waals surface area contributed by atoms with Crippen molar-refractivity contribution in [2.45, 2.75) is 26.3 Å². The second kappa shape index (κ2) is 5.21. The Hall–Kier alpha value is -1.94. The molecule has 0 spiro atoms. The summed E-state index contributed by atoms with van der Waals surface area (Å²) in [5.41, 5.74) is 5.32. The average Bonchev–Trinajstić information content (AvgIpc) is 2.76. The highest BCUT2D eigenvalue weighted by atomic mass is 16.1. The Morgan fingerprint density at radius 1 is 1.35 bits per heavy atom. The highest BCUT2D eigenvalue weighted by Gasteiger charge is 2.14. The summed E-state index contributed by atoms with van der Waals surface area (Å²) in [5, 5.41) is 7.63. The van der Waals surface area contributed by atoms with E-state index in [9.17, 15) is 4.79 Å². The lowest BCUT2D eigenvalue weighted by atomic mass is 9.96. The van der Waals surface area contributed by atoms with Gasteiger partial charge in [0.1, 0.15) is 0 Å². The van der Waals surface area contributed by atoms with Gasteiger partial charge in [0.25, 0.3) is 0 Å². The number of fused-ring (bicyclic) bond motifs is 1. The van der Waals surface area contributed by atoms with Crippen molar-refractivity contribution in [2.75, 3.05) is 6.54 Å². The molecule has 0 aliphatic carbocycles. The monoisotopic (exact) mass is 269 g/mol. The summed E-state index contributed by atoms with van der Waals surface area (Å²) in [6, 6.07) is 8.05. The standard InChI is InChI=1S/C16H19N3O/c1-11-7-15(19(2)18-11)9-16(20)13-4-3-12-5-6-17-10-14(12)8-13/h3-4,7-8,17H,5-6,9-10H2,1-2H3. The fourth-order valence-corrected chi connectivity index (χ4v) is 2.75. The first-order chi connectivity index (χ1) is 9.63. The highest BCUT2D eigenvalue weighted by molar-refractivity contribution is 5.97. The van der Waals surface area contributed by atoms with Gasteiger partial charge in [0.15, 0.2) is 5.78 Å². The Kier molecular flexibility index (Phi) is 3.40. The van der Waals surface area contributed by atoms with Crippen LogP contribution in [0.5, 0.6) is 0 Å². The SMILES string of the molecule is Cc1cc(CC(=O)c2ccc3c(c2)CNCC3)n(C)n1. The fraction of sp³-hybridized carbons (Fsp3) is 0.375. The molecule has 0 fully saturated rings. The molecule has 0 atom stereocenters. The van der Waals surface area contributed by atoms with Gasteiger partial charge in [-0.3, -0.25) is 9.48 Å². The predicted octanol–water partition coefficient (Wildman–Crippen LogP) is 1.80. The number of rotatable bonds is 3. The molecule has 1 aromatic carbocycles. The van der Waals surface area contributed by atoms with Crippen LogP contribution in [0.25, 0.3) is 0 Å². The molecule has 0 amide bonds. The zero-order valence-electron chi connectivity index (χ0n) is 11.9. The van der Waals surface area contributed by atoms with Crippen molar-refractivity contribution in [2.24, 2.45) is 7.05 Å². The molecule has 1 N–H and O–H groups in total. The summed E-state index contributed by atoms with van der Waals surface area (Å²) < 4.78 is 1.78. The van der Waals surface area contributed by atoms with Crippen molar-refractivity contribution in [1.29, 1.82) is 0 Å². The van der Waals surface area contributed by atoms with Crippen molar-refractivity contribution in [1.82, 2.24) is 15.1 Å². The molecule has 4 nitrogen and oxygen atoms in total. The first-order valence-corrected chi connectivity index (χ1v) is 6.99. The Balaban J connectivity index is 1.82. The molecule has 3 rings (SSSR count). The third-order valence-corrected chi connectivity index (χ3v) is 3.86. The molecular formula is C16H19N3O. The topological polar surface area (TPSA) is 46.9 Å². The number of nitrogens with zero attached hydrogens (tertiary/aromatic N) is 2. The summed E-state index contributed by atoms with van der Waals surface area (Å²) in [4.78, 5) is 12.4. The lowest BCUT2D eigenvalue weighted by Crippen LogP contribution is -2.24. The minimum Gasteiger partial charge on any atom is -0.312 e. The van der Waals surface area contributed by atoms with Gasteiger partial charge in [0.05, 0.1) is 12.1 Å². The van der Waals surface area contributed by atoms with Crippen molar-refractivity contribution < 1.29 is 4.79 Å². The molecule has 2 aromatic rings. The summed E-state index contributed by atoms with van der Waals surface area (Å²) in [7, 11) is 1.88. The molecule has 0 bridgehead atoms. The van der Waals surface area contributed by atoms with Gasteiger partial charge in [-0.15, -0.1) is 0 Å². The maximum Gasteiger partial charge on any atom is 0.168 e. The van der Waals surface area contributed by atoms with Crippen LogP contribution in [-0.2, 0) is 26.4 Å². The molecular weight excluding hydrogens is 250 g/mol. The van der Waals surface area contributed by atoms with Gasteiger partial charge in [-0.25, -0.2) is 0 Å². The number of carbonyl (C=O) groups is 1. The summed E-state index contributed by atoms with van der Waals surface area (Å²) in [6.45, 7) is 3.83. The first-order valence-electron chi connectivity index (χ1n) is 6.99. The smallest absolute Gasteiger partial charge is 0.168 e. The van der Waals surface area contributed by atoms with Gasteiger partial charge in [0.2, 0.25) is 0 Å². The molecule has 1 aromatic heterocycles. The minimum atomic E-state index is 0.154. The number of hydrogen-bond donors (Lipinski definition) is 1. The average molecular weight is 269 g/mol. The van der Waals surface area contributed by atoms with E-state index in [1.54, 1.807) is 4.68 Å². The highest BCUT2D eigenvalue weighted by Crippen LogP contribution is 2.17.